The van der Waals surface area contributed by atoms with Gasteiger partial charge in [0.1, 0.15) is 5.58 Å². The van der Waals surface area contributed by atoms with Gasteiger partial charge in [0, 0.05) is 17.5 Å². The second kappa shape index (κ2) is 6.16. The van der Waals surface area contributed by atoms with Gasteiger partial charge in [-0.1, -0.05) is 19.1 Å². The minimum Gasteiger partial charge on any atom is -0.423 e. The van der Waals surface area contributed by atoms with Gasteiger partial charge in [0.15, 0.2) is 0 Å². The van der Waals surface area contributed by atoms with E-state index in [4.69, 9.17) is 4.42 Å². The first-order chi connectivity index (χ1) is 11.8. The summed E-state index contributed by atoms with van der Waals surface area (Å²) in [7, 11) is 0. The Morgan fingerprint density at radius 2 is 1.76 bits per heavy atom. The highest BCUT2D eigenvalue weighted by Crippen LogP contribution is 2.23. The molecule has 2 aromatic rings. The van der Waals surface area contributed by atoms with E-state index in [0.29, 0.717) is 16.5 Å². The van der Waals surface area contributed by atoms with Gasteiger partial charge in [0.2, 0.25) is 0 Å². The van der Waals surface area contributed by atoms with Gasteiger partial charge >= 0.3 is 23.5 Å². The van der Waals surface area contributed by atoms with Crippen LogP contribution in [-0.2, 0) is 22.6 Å². The van der Waals surface area contributed by atoms with Gasteiger partial charge in [-0.15, -0.1) is 0 Å². The summed E-state index contributed by atoms with van der Waals surface area (Å²) in [5, 5.41) is 0.632. The summed E-state index contributed by atoms with van der Waals surface area (Å²) in [4.78, 5) is 50.2. The molecule has 1 aromatic heterocycles. The number of fused-ring (bicyclic) bond motifs is 1. The highest BCUT2D eigenvalue weighted by molar-refractivity contribution is 6.44. The van der Waals surface area contributed by atoms with Crippen LogP contribution in [0.4, 0.5) is 4.79 Å². The topological polar surface area (TPSA) is 87.9 Å². The fourth-order valence-electron chi connectivity index (χ4n) is 2.91. The van der Waals surface area contributed by atoms with E-state index in [1.54, 1.807) is 26.0 Å². The predicted molar refractivity (Wildman–Crippen MR) is 89.8 cm³/mol. The smallest absolute Gasteiger partial charge is 0.336 e. The number of hydrogen-bond acceptors (Lipinski definition) is 5. The van der Waals surface area contributed by atoms with E-state index in [1.807, 2.05) is 13.0 Å². The van der Waals surface area contributed by atoms with Crippen LogP contribution >= 0.6 is 0 Å². The number of hydrogen-bond donors (Lipinski definition) is 0. The average molecular weight is 342 g/mol. The summed E-state index contributed by atoms with van der Waals surface area (Å²) in [5.41, 5.74) is 1.30. The summed E-state index contributed by atoms with van der Waals surface area (Å²) >= 11 is 0. The van der Waals surface area contributed by atoms with Crippen LogP contribution in [0.5, 0.6) is 0 Å². The van der Waals surface area contributed by atoms with E-state index >= 15 is 0 Å². The lowest BCUT2D eigenvalue weighted by Gasteiger charge is -2.18. The normalized spacial score (nSPS) is 15.1. The van der Waals surface area contributed by atoms with Crippen molar-refractivity contribution in [3.05, 3.63) is 45.8 Å². The average Bonchev–Trinajstić information content (AvgIpc) is 2.77. The van der Waals surface area contributed by atoms with E-state index in [-0.39, 0.29) is 6.54 Å². The highest BCUT2D eigenvalue weighted by Gasteiger charge is 2.45. The minimum absolute atomic E-state index is 0.153. The van der Waals surface area contributed by atoms with Gasteiger partial charge in [-0.05, 0) is 37.5 Å². The molecule has 7 nitrogen and oxygen atoms in total. The van der Waals surface area contributed by atoms with E-state index in [9.17, 15) is 19.2 Å². The van der Waals surface area contributed by atoms with Gasteiger partial charge in [-0.25, -0.2) is 9.59 Å². The monoisotopic (exact) mass is 342 g/mol. The zero-order valence-electron chi connectivity index (χ0n) is 14.2. The zero-order chi connectivity index (χ0) is 18.3. The summed E-state index contributed by atoms with van der Waals surface area (Å²) in [6, 6.07) is 5.61. The van der Waals surface area contributed by atoms with Crippen LogP contribution in [0.15, 0.2) is 33.5 Å². The van der Waals surface area contributed by atoms with Crippen molar-refractivity contribution in [2.45, 2.75) is 39.8 Å². The molecule has 0 radical (unpaired) electrons. The zero-order valence-corrected chi connectivity index (χ0v) is 14.2. The predicted octanol–water partition coefficient (Wildman–Crippen LogP) is 2.05. The van der Waals surface area contributed by atoms with E-state index in [0.717, 1.165) is 21.8 Å². The first-order valence-corrected chi connectivity index (χ1v) is 8.08. The van der Waals surface area contributed by atoms with Crippen molar-refractivity contribution < 1.29 is 18.8 Å². The van der Waals surface area contributed by atoms with Gasteiger partial charge in [-0.2, -0.15) is 0 Å². The summed E-state index contributed by atoms with van der Waals surface area (Å²) < 4.78 is 5.22. The van der Waals surface area contributed by atoms with Crippen molar-refractivity contribution in [1.82, 2.24) is 9.80 Å². The van der Waals surface area contributed by atoms with Crippen molar-refractivity contribution in [3.8, 4) is 0 Å². The molecule has 130 valence electrons. The van der Waals surface area contributed by atoms with Crippen LogP contribution in [0.3, 0.4) is 0 Å². The molecule has 1 saturated heterocycles. The molecule has 0 bridgehead atoms. The van der Waals surface area contributed by atoms with Gasteiger partial charge in [0.25, 0.3) is 0 Å². The number of amides is 4. The maximum Gasteiger partial charge on any atom is 0.336 e. The molecule has 0 saturated carbocycles. The van der Waals surface area contributed by atoms with Crippen LogP contribution < -0.4 is 5.63 Å². The molecular formula is C18H18N2O5. The third-order valence-electron chi connectivity index (χ3n) is 4.23. The first-order valence-electron chi connectivity index (χ1n) is 8.08. The van der Waals surface area contributed by atoms with Crippen LogP contribution in [0, 0.1) is 0 Å². The summed E-state index contributed by atoms with van der Waals surface area (Å²) in [5.74, 6) is -1.73. The molecule has 7 heteroatoms. The molecule has 1 aliphatic heterocycles. The molecule has 1 fully saturated rings. The maximum atomic E-state index is 12.4. The van der Waals surface area contributed by atoms with Gasteiger partial charge in [0.05, 0.1) is 6.54 Å². The van der Waals surface area contributed by atoms with E-state index in [2.05, 4.69) is 0 Å². The van der Waals surface area contributed by atoms with Gasteiger partial charge < -0.3 is 4.42 Å². The molecule has 1 aliphatic rings. The lowest BCUT2D eigenvalue weighted by Crippen LogP contribution is -2.38. The van der Waals surface area contributed by atoms with Crippen molar-refractivity contribution in [2.24, 2.45) is 0 Å². The van der Waals surface area contributed by atoms with Crippen LogP contribution in [0.1, 0.15) is 31.9 Å². The molecule has 0 spiro atoms. The number of nitrogens with zero attached hydrogens (tertiary/aromatic N) is 2. The second-order valence-corrected chi connectivity index (χ2v) is 6.22. The second-order valence-electron chi connectivity index (χ2n) is 6.22. The van der Waals surface area contributed by atoms with Gasteiger partial charge in [-0.3, -0.25) is 19.4 Å². The fraction of sp³-hybridized carbons (Fsp3) is 0.333. The Hall–Kier alpha value is -2.96. The lowest BCUT2D eigenvalue weighted by molar-refractivity contribution is -0.144. The number of rotatable bonds is 4. The molecule has 0 N–H and O–H groups in total. The van der Waals surface area contributed by atoms with Crippen LogP contribution in [0.25, 0.3) is 11.0 Å². The fourth-order valence-corrected chi connectivity index (χ4v) is 2.91. The Labute approximate surface area is 143 Å². The third kappa shape index (κ3) is 2.82. The molecule has 0 atom stereocenters. The van der Waals surface area contributed by atoms with Crippen LogP contribution in [-0.4, -0.2) is 33.7 Å². The number of benzene rings is 1. The highest BCUT2D eigenvalue weighted by atomic mass is 16.4. The largest absolute Gasteiger partial charge is 0.423 e. The number of imide groups is 2. The third-order valence-corrected chi connectivity index (χ3v) is 4.23. The number of urea groups is 1. The molecule has 0 aliphatic carbocycles. The Morgan fingerprint density at radius 1 is 1.04 bits per heavy atom. The van der Waals surface area contributed by atoms with E-state index < -0.39 is 29.5 Å². The standard InChI is InChI=1S/C18H18N2O5/c1-4-11-5-6-13-12(8-15(21)25-14(13)7-11)9-19-16(22)17(23)20(10(2)3)18(19)24/h5-8,10H,4,9H2,1-3H3. The maximum absolute atomic E-state index is 12.4. The molecule has 1 aromatic carbocycles. The van der Waals surface area contributed by atoms with Crippen molar-refractivity contribution in [3.63, 3.8) is 0 Å². The minimum atomic E-state index is -0.884. The Balaban J connectivity index is 2.03. The van der Waals surface area contributed by atoms with E-state index in [1.165, 1.54) is 6.07 Å². The molecular weight excluding hydrogens is 324 g/mol. The molecule has 4 amide bonds. The number of carbonyl (C=O) groups is 3. The molecule has 3 rings (SSSR count). The quantitative estimate of drug-likeness (QED) is 0.482. The first kappa shape index (κ1) is 16.9. The number of carbonyl (C=O) groups excluding carboxylic acids is 3. The number of aryl methyl sites for hydroxylation is 1. The summed E-state index contributed by atoms with van der Waals surface area (Å²) in [6.07, 6.45) is 0.783. The SMILES string of the molecule is CCc1ccc2c(CN3C(=O)C(=O)N(C(C)C)C3=O)cc(=O)oc2c1. The molecule has 25 heavy (non-hydrogen) atoms. The Morgan fingerprint density at radius 3 is 2.36 bits per heavy atom. The lowest BCUT2D eigenvalue weighted by atomic mass is 10.1. The van der Waals surface area contributed by atoms with Crippen molar-refractivity contribution in [1.29, 1.82) is 0 Å². The van der Waals surface area contributed by atoms with Crippen LogP contribution in [0.2, 0.25) is 0 Å². The Bertz CT molecular complexity index is 944. The molecule has 2 heterocycles. The van der Waals surface area contributed by atoms with Crippen molar-refractivity contribution >= 4 is 28.8 Å². The molecule has 0 unspecified atom stereocenters. The summed E-state index contributed by atoms with van der Waals surface area (Å²) in [6.45, 7) is 5.15. The van der Waals surface area contributed by atoms with Crippen molar-refractivity contribution in [2.75, 3.05) is 0 Å². The Kier molecular flexibility index (Phi) is 4.16.